The first-order chi connectivity index (χ1) is 7.08. The first-order valence-corrected chi connectivity index (χ1v) is 6.61. The van der Waals surface area contributed by atoms with Crippen LogP contribution in [0.15, 0.2) is 4.60 Å². The Morgan fingerprint density at radius 3 is 2.93 bits per heavy atom. The highest BCUT2D eigenvalue weighted by Gasteiger charge is 2.22. The number of halogens is 1. The number of hydrogen-bond donors (Lipinski definition) is 0. The normalized spacial score (nSPS) is 20.7. The van der Waals surface area contributed by atoms with Crippen LogP contribution < -0.4 is 0 Å². The van der Waals surface area contributed by atoms with Gasteiger partial charge in [-0.15, -0.1) is 0 Å². The molecule has 15 heavy (non-hydrogen) atoms. The van der Waals surface area contributed by atoms with Gasteiger partial charge in [-0.25, -0.2) is 4.98 Å². The van der Waals surface area contributed by atoms with E-state index in [0.29, 0.717) is 5.92 Å². The summed E-state index contributed by atoms with van der Waals surface area (Å²) in [6.45, 7) is 7.98. The fourth-order valence-corrected chi connectivity index (χ4v) is 2.88. The molecule has 0 saturated carbocycles. The van der Waals surface area contributed by atoms with Crippen LogP contribution in [0.4, 0.5) is 0 Å². The van der Waals surface area contributed by atoms with E-state index >= 15 is 0 Å². The van der Waals surface area contributed by atoms with E-state index in [4.69, 9.17) is 0 Å². The molecule has 0 spiro atoms. The van der Waals surface area contributed by atoms with Crippen molar-refractivity contribution in [2.24, 2.45) is 11.8 Å². The first-order valence-electron chi connectivity index (χ1n) is 5.81. The summed E-state index contributed by atoms with van der Waals surface area (Å²) < 4.78 is 3.50. The van der Waals surface area contributed by atoms with Gasteiger partial charge in [-0.3, -0.25) is 0 Å². The summed E-state index contributed by atoms with van der Waals surface area (Å²) in [6.07, 6.45) is 3.56. The summed E-state index contributed by atoms with van der Waals surface area (Å²) in [4.78, 5) is 4.65. The smallest absolute Gasteiger partial charge is 0.127 e. The Morgan fingerprint density at radius 2 is 2.27 bits per heavy atom. The average molecular weight is 271 g/mol. The molecule has 0 aromatic carbocycles. The third-order valence-corrected chi connectivity index (χ3v) is 3.70. The SMILES string of the molecule is CC(C)Cc1nc(Br)c2n1CC(C)CC2. The summed E-state index contributed by atoms with van der Waals surface area (Å²) in [6, 6.07) is 0. The van der Waals surface area contributed by atoms with Crippen LogP contribution in [-0.2, 0) is 19.4 Å². The molecule has 1 aliphatic heterocycles. The minimum atomic E-state index is 0.681. The minimum Gasteiger partial charge on any atom is -0.331 e. The van der Waals surface area contributed by atoms with Crippen molar-refractivity contribution in [2.45, 2.75) is 46.6 Å². The van der Waals surface area contributed by atoms with Crippen molar-refractivity contribution in [1.29, 1.82) is 0 Å². The summed E-state index contributed by atoms with van der Waals surface area (Å²) in [7, 11) is 0. The second-order valence-corrected chi connectivity index (χ2v) is 5.87. The van der Waals surface area contributed by atoms with Gasteiger partial charge in [0, 0.05) is 13.0 Å². The monoisotopic (exact) mass is 270 g/mol. The highest BCUT2D eigenvalue weighted by atomic mass is 79.9. The molecular formula is C12H19BrN2. The number of aromatic nitrogens is 2. The van der Waals surface area contributed by atoms with Gasteiger partial charge in [0.05, 0.1) is 5.69 Å². The van der Waals surface area contributed by atoms with E-state index < -0.39 is 0 Å². The predicted molar refractivity (Wildman–Crippen MR) is 66.0 cm³/mol. The van der Waals surface area contributed by atoms with Crippen LogP contribution in [0.2, 0.25) is 0 Å². The van der Waals surface area contributed by atoms with Crippen LogP contribution in [0, 0.1) is 11.8 Å². The maximum absolute atomic E-state index is 4.65. The predicted octanol–water partition coefficient (Wildman–Crippen LogP) is 3.43. The lowest BCUT2D eigenvalue weighted by Crippen LogP contribution is -2.20. The summed E-state index contributed by atoms with van der Waals surface area (Å²) in [5.74, 6) is 2.74. The van der Waals surface area contributed by atoms with Gasteiger partial charge < -0.3 is 4.57 Å². The van der Waals surface area contributed by atoms with Crippen LogP contribution >= 0.6 is 15.9 Å². The quantitative estimate of drug-likeness (QED) is 0.805. The third kappa shape index (κ3) is 2.27. The molecule has 2 heterocycles. The lowest BCUT2D eigenvalue weighted by molar-refractivity contribution is 0.385. The van der Waals surface area contributed by atoms with Crippen LogP contribution in [0.3, 0.4) is 0 Å². The number of nitrogens with zero attached hydrogens (tertiary/aromatic N) is 2. The number of hydrogen-bond acceptors (Lipinski definition) is 1. The van der Waals surface area contributed by atoms with Crippen molar-refractivity contribution < 1.29 is 0 Å². The first kappa shape index (κ1) is 11.2. The van der Waals surface area contributed by atoms with E-state index in [2.05, 4.69) is 46.3 Å². The van der Waals surface area contributed by atoms with E-state index in [1.165, 1.54) is 24.4 Å². The highest BCUT2D eigenvalue weighted by molar-refractivity contribution is 9.10. The van der Waals surface area contributed by atoms with Gasteiger partial charge in [-0.1, -0.05) is 20.8 Å². The van der Waals surface area contributed by atoms with E-state index in [1.807, 2.05) is 0 Å². The molecule has 2 nitrogen and oxygen atoms in total. The van der Waals surface area contributed by atoms with Crippen molar-refractivity contribution in [3.63, 3.8) is 0 Å². The van der Waals surface area contributed by atoms with Crippen LogP contribution in [0.1, 0.15) is 38.7 Å². The minimum absolute atomic E-state index is 0.681. The highest BCUT2D eigenvalue weighted by Crippen LogP contribution is 2.28. The molecule has 0 radical (unpaired) electrons. The molecule has 0 bridgehead atoms. The Morgan fingerprint density at radius 1 is 1.53 bits per heavy atom. The molecule has 84 valence electrons. The maximum atomic E-state index is 4.65. The molecule has 0 N–H and O–H groups in total. The van der Waals surface area contributed by atoms with Gasteiger partial charge in [0.25, 0.3) is 0 Å². The zero-order chi connectivity index (χ0) is 11.0. The van der Waals surface area contributed by atoms with Crippen LogP contribution in [0.25, 0.3) is 0 Å². The summed E-state index contributed by atoms with van der Waals surface area (Å²) >= 11 is 3.58. The number of imidazole rings is 1. The topological polar surface area (TPSA) is 17.8 Å². The van der Waals surface area contributed by atoms with Gasteiger partial charge in [-0.2, -0.15) is 0 Å². The molecule has 0 amide bonds. The van der Waals surface area contributed by atoms with Gasteiger partial charge in [0.15, 0.2) is 0 Å². The van der Waals surface area contributed by atoms with Gasteiger partial charge in [0.1, 0.15) is 10.4 Å². The Bertz CT molecular complexity index is 355. The van der Waals surface area contributed by atoms with Crippen LogP contribution in [0.5, 0.6) is 0 Å². The van der Waals surface area contributed by atoms with E-state index in [1.54, 1.807) is 0 Å². The van der Waals surface area contributed by atoms with E-state index in [-0.39, 0.29) is 0 Å². The van der Waals surface area contributed by atoms with Gasteiger partial charge >= 0.3 is 0 Å². The standard InChI is InChI=1S/C12H19BrN2/c1-8(2)6-11-14-12(13)10-5-4-9(3)7-15(10)11/h8-9H,4-7H2,1-3H3. The molecule has 0 saturated heterocycles. The van der Waals surface area contributed by atoms with Crippen molar-refractivity contribution in [1.82, 2.24) is 9.55 Å². The summed E-state index contributed by atoms with van der Waals surface area (Å²) in [5.41, 5.74) is 1.41. The zero-order valence-corrected chi connectivity index (χ0v) is 11.3. The van der Waals surface area contributed by atoms with E-state index in [9.17, 15) is 0 Å². The molecule has 3 heteroatoms. The molecule has 1 unspecified atom stereocenters. The summed E-state index contributed by atoms with van der Waals surface area (Å²) in [5, 5.41) is 0. The molecule has 1 atom stereocenters. The lowest BCUT2D eigenvalue weighted by Gasteiger charge is -2.23. The second-order valence-electron chi connectivity index (χ2n) is 5.12. The average Bonchev–Trinajstić information content (AvgIpc) is 2.42. The van der Waals surface area contributed by atoms with Crippen molar-refractivity contribution in [3.8, 4) is 0 Å². The van der Waals surface area contributed by atoms with Gasteiger partial charge in [-0.05, 0) is 40.6 Å². The second kappa shape index (κ2) is 4.28. The Balaban J connectivity index is 2.32. The van der Waals surface area contributed by atoms with Crippen molar-refractivity contribution >= 4 is 15.9 Å². The number of rotatable bonds is 2. The molecule has 0 fully saturated rings. The third-order valence-electron chi connectivity index (χ3n) is 3.06. The van der Waals surface area contributed by atoms with Crippen molar-refractivity contribution in [3.05, 3.63) is 16.1 Å². The maximum Gasteiger partial charge on any atom is 0.127 e. The van der Waals surface area contributed by atoms with Crippen molar-refractivity contribution in [2.75, 3.05) is 0 Å². The largest absolute Gasteiger partial charge is 0.331 e. The van der Waals surface area contributed by atoms with Gasteiger partial charge in [0.2, 0.25) is 0 Å². The molecule has 1 aliphatic rings. The fourth-order valence-electron chi connectivity index (χ4n) is 2.27. The molecular weight excluding hydrogens is 252 g/mol. The molecule has 1 aromatic rings. The molecule has 1 aromatic heterocycles. The Hall–Kier alpha value is -0.310. The van der Waals surface area contributed by atoms with E-state index in [0.717, 1.165) is 23.5 Å². The number of fused-ring (bicyclic) bond motifs is 1. The molecule has 0 aliphatic carbocycles. The lowest BCUT2D eigenvalue weighted by atomic mass is 10.00. The molecule has 2 rings (SSSR count). The Labute approximate surface area is 100 Å². The zero-order valence-electron chi connectivity index (χ0n) is 9.76. The van der Waals surface area contributed by atoms with Crippen LogP contribution in [-0.4, -0.2) is 9.55 Å². The Kier molecular flexibility index (Phi) is 3.19. The fraction of sp³-hybridized carbons (Fsp3) is 0.750.